The van der Waals surface area contributed by atoms with Crippen molar-refractivity contribution >= 4 is 34.1 Å². The van der Waals surface area contributed by atoms with E-state index in [-0.39, 0.29) is 10.8 Å². The zero-order chi connectivity index (χ0) is 41.4. The number of fused-ring (bicyclic) bond motifs is 5. The standard InChI is InChI=1S/C60H58N2/c1-59(2)52-32-16-14-31-50(52)51-37-36-48(40-53(51)59)61(46-26-8-4-9-27-46)55-34-18-22-42-38-44-24-12-13-25-45-39-43-23-19-35-56(58(43)60(44,45)57(42)55)62(47-28-10-5-11-29-47)54-33-17-15-30-49(54)41-20-6-3-7-21-41/h4-5,8-11,14-19,22-23,26-37,40-41,44-45H,3,6-7,12-13,20-21,24-25,38-39H2,1-2H3. The lowest BCUT2D eigenvalue weighted by atomic mass is 9.63. The summed E-state index contributed by atoms with van der Waals surface area (Å²) in [6, 6.07) is 63.2. The van der Waals surface area contributed by atoms with Crippen LogP contribution < -0.4 is 9.80 Å². The molecular formula is C60H58N2. The Bertz CT molecular complexity index is 2780. The summed E-state index contributed by atoms with van der Waals surface area (Å²) in [4.78, 5) is 5.35. The predicted molar refractivity (Wildman–Crippen MR) is 259 cm³/mol. The topological polar surface area (TPSA) is 6.48 Å². The number of para-hydroxylation sites is 3. The third kappa shape index (κ3) is 5.67. The second-order valence-corrected chi connectivity index (χ2v) is 19.7. The molecule has 12 rings (SSSR count). The fourth-order valence-electron chi connectivity index (χ4n) is 13.7. The molecule has 2 fully saturated rings. The van der Waals surface area contributed by atoms with E-state index in [1.807, 2.05) is 0 Å². The van der Waals surface area contributed by atoms with E-state index >= 15 is 0 Å². The van der Waals surface area contributed by atoms with Gasteiger partial charge < -0.3 is 9.80 Å². The summed E-state index contributed by atoms with van der Waals surface area (Å²) in [5.74, 6) is 1.65. The van der Waals surface area contributed by atoms with E-state index in [1.165, 1.54) is 120 Å². The molecule has 62 heavy (non-hydrogen) atoms. The molecule has 1 spiro atoms. The van der Waals surface area contributed by atoms with Gasteiger partial charge in [-0.25, -0.2) is 0 Å². The highest BCUT2D eigenvalue weighted by Crippen LogP contribution is 2.67. The van der Waals surface area contributed by atoms with Crippen LogP contribution in [0.5, 0.6) is 0 Å². The first kappa shape index (κ1) is 37.9. The van der Waals surface area contributed by atoms with Crippen LogP contribution in [0.4, 0.5) is 34.1 Å². The maximum atomic E-state index is 2.71. The molecule has 3 atom stereocenters. The maximum absolute atomic E-state index is 2.71. The largest absolute Gasteiger partial charge is 0.310 e. The van der Waals surface area contributed by atoms with E-state index in [2.05, 4.69) is 187 Å². The van der Waals surface area contributed by atoms with Crippen molar-refractivity contribution in [3.63, 3.8) is 0 Å². The molecule has 5 aliphatic carbocycles. The molecule has 0 saturated heterocycles. The van der Waals surface area contributed by atoms with Gasteiger partial charge in [-0.05, 0) is 161 Å². The first-order valence-corrected chi connectivity index (χ1v) is 23.8. The average molecular weight is 807 g/mol. The van der Waals surface area contributed by atoms with Crippen LogP contribution in [0.2, 0.25) is 0 Å². The Morgan fingerprint density at radius 1 is 0.419 bits per heavy atom. The van der Waals surface area contributed by atoms with Gasteiger partial charge >= 0.3 is 0 Å². The van der Waals surface area contributed by atoms with Gasteiger partial charge in [0.2, 0.25) is 0 Å². The van der Waals surface area contributed by atoms with Crippen molar-refractivity contribution in [3.05, 3.63) is 203 Å². The minimum Gasteiger partial charge on any atom is -0.310 e. The highest BCUT2D eigenvalue weighted by Gasteiger charge is 2.59. The summed E-state index contributed by atoms with van der Waals surface area (Å²) >= 11 is 0. The molecule has 0 N–H and O–H groups in total. The van der Waals surface area contributed by atoms with Crippen LogP contribution in [0.1, 0.15) is 116 Å². The average Bonchev–Trinajstić information content (AvgIpc) is 3.87. The first-order chi connectivity index (χ1) is 30.5. The van der Waals surface area contributed by atoms with E-state index in [0.717, 1.165) is 12.8 Å². The normalized spacial score (nSPS) is 21.8. The van der Waals surface area contributed by atoms with Crippen molar-refractivity contribution < 1.29 is 0 Å². The summed E-state index contributed by atoms with van der Waals surface area (Å²) in [5.41, 5.74) is 21.0. The number of rotatable bonds is 7. The summed E-state index contributed by atoms with van der Waals surface area (Å²) in [6.07, 6.45) is 14.0. The molecule has 0 aliphatic heterocycles. The molecule has 0 radical (unpaired) electrons. The molecule has 7 aromatic rings. The predicted octanol–water partition coefficient (Wildman–Crippen LogP) is 16.2. The molecule has 3 unspecified atom stereocenters. The summed E-state index contributed by atoms with van der Waals surface area (Å²) in [7, 11) is 0. The van der Waals surface area contributed by atoms with Crippen molar-refractivity contribution in [2.45, 2.75) is 101 Å². The fourth-order valence-corrected chi connectivity index (χ4v) is 13.7. The number of nitrogens with zero attached hydrogens (tertiary/aromatic N) is 2. The fraction of sp³-hybridized carbons (Fsp3) is 0.300. The molecule has 2 saturated carbocycles. The van der Waals surface area contributed by atoms with Crippen LogP contribution >= 0.6 is 0 Å². The minimum absolute atomic E-state index is 0.0901. The molecule has 5 aliphatic rings. The van der Waals surface area contributed by atoms with E-state index in [4.69, 9.17) is 0 Å². The van der Waals surface area contributed by atoms with Gasteiger partial charge in [0.1, 0.15) is 0 Å². The molecular weight excluding hydrogens is 749 g/mol. The van der Waals surface area contributed by atoms with Gasteiger partial charge in [-0.15, -0.1) is 0 Å². The Morgan fingerprint density at radius 3 is 1.63 bits per heavy atom. The number of hydrogen-bond acceptors (Lipinski definition) is 2. The van der Waals surface area contributed by atoms with Crippen molar-refractivity contribution in [2.75, 3.05) is 9.80 Å². The van der Waals surface area contributed by atoms with Crippen LogP contribution in [0.3, 0.4) is 0 Å². The SMILES string of the molecule is CC1(C)c2ccccc2-c2ccc(N(c3ccccc3)c3cccc4c3C35c6c(cccc6N(c6ccccc6)c6ccccc6C6CCCCC6)CC3CCCCC5C4)cc21. The van der Waals surface area contributed by atoms with Crippen molar-refractivity contribution in [1.82, 2.24) is 0 Å². The lowest BCUT2D eigenvalue weighted by Crippen LogP contribution is -2.39. The lowest BCUT2D eigenvalue weighted by Gasteiger charge is -2.43. The van der Waals surface area contributed by atoms with Gasteiger partial charge in [-0.1, -0.05) is 155 Å². The molecule has 2 heteroatoms. The van der Waals surface area contributed by atoms with Gasteiger partial charge in [0.15, 0.2) is 0 Å². The smallest absolute Gasteiger partial charge is 0.0505 e. The van der Waals surface area contributed by atoms with E-state index in [1.54, 1.807) is 22.3 Å². The van der Waals surface area contributed by atoms with Gasteiger partial charge in [0, 0.05) is 33.6 Å². The molecule has 308 valence electrons. The van der Waals surface area contributed by atoms with Crippen molar-refractivity contribution in [2.24, 2.45) is 11.8 Å². The lowest BCUT2D eigenvalue weighted by molar-refractivity contribution is 0.258. The Kier molecular flexibility index (Phi) is 9.10. The summed E-state index contributed by atoms with van der Waals surface area (Å²) in [5, 5.41) is 0. The van der Waals surface area contributed by atoms with Crippen molar-refractivity contribution in [3.8, 4) is 11.1 Å². The summed E-state index contributed by atoms with van der Waals surface area (Å²) < 4.78 is 0. The second kappa shape index (κ2) is 14.9. The third-order valence-corrected chi connectivity index (χ3v) is 16.2. The van der Waals surface area contributed by atoms with E-state index < -0.39 is 0 Å². The summed E-state index contributed by atoms with van der Waals surface area (Å²) in [6.45, 7) is 4.83. The molecule has 0 heterocycles. The molecule has 2 nitrogen and oxygen atoms in total. The van der Waals surface area contributed by atoms with Gasteiger partial charge in [-0.2, -0.15) is 0 Å². The van der Waals surface area contributed by atoms with Gasteiger partial charge in [-0.3, -0.25) is 0 Å². The Balaban J connectivity index is 1.11. The zero-order valence-corrected chi connectivity index (χ0v) is 36.5. The Morgan fingerprint density at radius 2 is 0.952 bits per heavy atom. The van der Waals surface area contributed by atoms with Crippen LogP contribution in [0.25, 0.3) is 11.1 Å². The molecule has 0 aromatic heterocycles. The molecule has 7 aromatic carbocycles. The molecule has 0 bridgehead atoms. The Labute approximate surface area is 369 Å². The van der Waals surface area contributed by atoms with Crippen LogP contribution in [-0.2, 0) is 23.7 Å². The van der Waals surface area contributed by atoms with Gasteiger partial charge in [0.25, 0.3) is 0 Å². The van der Waals surface area contributed by atoms with Crippen LogP contribution in [0, 0.1) is 11.8 Å². The van der Waals surface area contributed by atoms with E-state index in [0.29, 0.717) is 17.8 Å². The quantitative estimate of drug-likeness (QED) is 0.158. The highest BCUT2D eigenvalue weighted by molar-refractivity contribution is 5.89. The zero-order valence-electron chi connectivity index (χ0n) is 36.5. The van der Waals surface area contributed by atoms with Crippen molar-refractivity contribution in [1.29, 1.82) is 0 Å². The highest BCUT2D eigenvalue weighted by atomic mass is 15.2. The number of hydrogen-bond donors (Lipinski definition) is 0. The monoisotopic (exact) mass is 806 g/mol. The minimum atomic E-state index is -0.125. The van der Waals surface area contributed by atoms with Crippen LogP contribution in [-0.4, -0.2) is 0 Å². The first-order valence-electron chi connectivity index (χ1n) is 23.8. The number of benzene rings is 7. The van der Waals surface area contributed by atoms with E-state index in [9.17, 15) is 0 Å². The Hall–Kier alpha value is -5.86. The van der Waals surface area contributed by atoms with Gasteiger partial charge in [0.05, 0.1) is 11.4 Å². The molecule has 0 amide bonds. The van der Waals surface area contributed by atoms with Crippen LogP contribution in [0.15, 0.2) is 164 Å². The number of anilines is 6. The second-order valence-electron chi connectivity index (χ2n) is 19.7. The third-order valence-electron chi connectivity index (χ3n) is 16.2. The maximum Gasteiger partial charge on any atom is 0.0505 e.